The number of thioether (sulfide) groups is 1. The number of carbonyl (C=O) groups excluding carboxylic acids is 1. The number of benzene rings is 1. The maximum Gasteiger partial charge on any atom is 0.416 e. The van der Waals surface area contributed by atoms with Gasteiger partial charge in [0.2, 0.25) is 0 Å². The number of carbonyl (C=O) groups is 1. The molecule has 0 aliphatic carbocycles. The number of halogens is 2. The molecule has 176 valence electrons. The van der Waals surface area contributed by atoms with Crippen LogP contribution in [0.2, 0.25) is 10.0 Å². The molecule has 11 heteroatoms. The molecule has 4 aromatic rings. The van der Waals surface area contributed by atoms with Gasteiger partial charge in [0.1, 0.15) is 11.4 Å². The van der Waals surface area contributed by atoms with Crippen LogP contribution in [0.4, 0.5) is 10.6 Å². The number of rotatable bonds is 5. The molecule has 0 spiro atoms. The highest BCUT2D eigenvalue weighted by atomic mass is 35.5. The Balaban J connectivity index is 1.85. The maximum absolute atomic E-state index is 13.4. The van der Waals surface area contributed by atoms with E-state index in [0.29, 0.717) is 43.5 Å². The second-order valence-electron chi connectivity index (χ2n) is 8.36. The van der Waals surface area contributed by atoms with Crippen molar-refractivity contribution in [2.45, 2.75) is 38.1 Å². The van der Waals surface area contributed by atoms with Crippen molar-refractivity contribution in [2.24, 2.45) is 0 Å². The minimum Gasteiger partial charge on any atom is -0.443 e. The average Bonchev–Trinajstić information content (AvgIpc) is 3.26. The highest BCUT2D eigenvalue weighted by Gasteiger charge is 2.27. The third-order valence-corrected chi connectivity index (χ3v) is 5.84. The molecule has 0 fully saturated rings. The van der Waals surface area contributed by atoms with Crippen LogP contribution in [0, 0.1) is 0 Å². The van der Waals surface area contributed by atoms with Gasteiger partial charge >= 0.3 is 6.09 Å². The number of amides is 1. The van der Waals surface area contributed by atoms with E-state index in [1.807, 2.05) is 27.0 Å². The first kappa shape index (κ1) is 24.3. The van der Waals surface area contributed by atoms with Crippen LogP contribution in [0.3, 0.4) is 0 Å². The Bertz CT molecular complexity index is 1340. The molecular weight excluding hydrogens is 495 g/mol. The lowest BCUT2D eigenvalue weighted by atomic mass is 10.2. The third-order valence-electron chi connectivity index (χ3n) is 4.68. The van der Waals surface area contributed by atoms with Gasteiger partial charge in [-0.05, 0) is 44.7 Å². The molecule has 4 rings (SSSR count). The SMILES string of the molecule is CSc1ncc(-c2cc(N(Cc3ccc(Cl)cc3Cl)C(=O)OC(C)(C)C)n3nccc3n2)cn1. The minimum atomic E-state index is -0.709. The molecule has 0 aliphatic heterocycles. The minimum absolute atomic E-state index is 0.130. The standard InChI is InChI=1S/C23H22Cl2N6O2S/c1-23(2,3)33-22(32)30(13-14-5-6-16(24)9-17(14)25)20-10-18(29-19-7-8-28-31(19)20)15-11-26-21(34-4)27-12-15/h5-12H,13H2,1-4H3. The Morgan fingerprint density at radius 3 is 2.53 bits per heavy atom. The van der Waals surface area contributed by atoms with Crippen LogP contribution in [-0.4, -0.2) is 42.5 Å². The summed E-state index contributed by atoms with van der Waals surface area (Å²) < 4.78 is 7.30. The molecule has 3 heterocycles. The van der Waals surface area contributed by atoms with E-state index in [4.69, 9.17) is 27.9 Å². The fourth-order valence-electron chi connectivity index (χ4n) is 3.17. The lowest BCUT2D eigenvalue weighted by Crippen LogP contribution is -2.37. The van der Waals surface area contributed by atoms with Crippen molar-refractivity contribution in [3.8, 4) is 11.3 Å². The molecular formula is C23H22Cl2N6O2S. The van der Waals surface area contributed by atoms with Crippen molar-refractivity contribution in [3.05, 3.63) is 64.5 Å². The van der Waals surface area contributed by atoms with Crippen LogP contribution in [0.5, 0.6) is 0 Å². The van der Waals surface area contributed by atoms with Gasteiger partial charge in [-0.2, -0.15) is 9.61 Å². The van der Waals surface area contributed by atoms with Crippen LogP contribution < -0.4 is 4.90 Å². The Morgan fingerprint density at radius 2 is 1.88 bits per heavy atom. The van der Waals surface area contributed by atoms with Crippen molar-refractivity contribution < 1.29 is 9.53 Å². The van der Waals surface area contributed by atoms with E-state index in [2.05, 4.69) is 20.1 Å². The number of hydrogen-bond acceptors (Lipinski definition) is 7. The molecule has 0 atom stereocenters. The summed E-state index contributed by atoms with van der Waals surface area (Å²) >= 11 is 14.0. The zero-order valence-corrected chi connectivity index (χ0v) is 21.3. The first-order valence-electron chi connectivity index (χ1n) is 10.3. The Hall–Kier alpha value is -2.88. The molecule has 0 unspecified atom stereocenters. The number of ether oxygens (including phenoxy) is 1. The number of fused-ring (bicyclic) bond motifs is 1. The van der Waals surface area contributed by atoms with Crippen molar-refractivity contribution >= 4 is 52.5 Å². The molecule has 0 saturated heterocycles. The van der Waals surface area contributed by atoms with E-state index < -0.39 is 11.7 Å². The quantitative estimate of drug-likeness (QED) is 0.232. The van der Waals surface area contributed by atoms with E-state index in [1.165, 1.54) is 16.7 Å². The lowest BCUT2D eigenvalue weighted by Gasteiger charge is -2.28. The van der Waals surface area contributed by atoms with Gasteiger partial charge in [-0.3, -0.25) is 4.90 Å². The highest BCUT2D eigenvalue weighted by Crippen LogP contribution is 2.29. The molecule has 0 saturated carbocycles. The van der Waals surface area contributed by atoms with E-state index in [1.54, 1.807) is 53.4 Å². The summed E-state index contributed by atoms with van der Waals surface area (Å²) in [4.78, 5) is 28.2. The lowest BCUT2D eigenvalue weighted by molar-refractivity contribution is 0.0575. The van der Waals surface area contributed by atoms with E-state index >= 15 is 0 Å². The van der Waals surface area contributed by atoms with E-state index in [-0.39, 0.29) is 6.54 Å². The largest absolute Gasteiger partial charge is 0.443 e. The van der Waals surface area contributed by atoms with Crippen LogP contribution in [0.1, 0.15) is 26.3 Å². The topological polar surface area (TPSA) is 85.5 Å². The van der Waals surface area contributed by atoms with Crippen molar-refractivity contribution in [1.29, 1.82) is 0 Å². The van der Waals surface area contributed by atoms with E-state index in [0.717, 1.165) is 0 Å². The smallest absolute Gasteiger partial charge is 0.416 e. The number of aromatic nitrogens is 5. The van der Waals surface area contributed by atoms with Crippen LogP contribution in [0.25, 0.3) is 16.9 Å². The number of anilines is 1. The molecule has 34 heavy (non-hydrogen) atoms. The van der Waals surface area contributed by atoms with Crippen molar-refractivity contribution in [2.75, 3.05) is 11.2 Å². The molecule has 0 radical (unpaired) electrons. The third kappa shape index (κ3) is 5.43. The van der Waals surface area contributed by atoms with Gasteiger partial charge in [0.05, 0.1) is 18.4 Å². The normalized spacial score (nSPS) is 11.6. The van der Waals surface area contributed by atoms with E-state index in [9.17, 15) is 4.79 Å². The molecule has 1 aromatic carbocycles. The second kappa shape index (κ2) is 9.77. The number of hydrogen-bond donors (Lipinski definition) is 0. The molecule has 0 N–H and O–H groups in total. The van der Waals surface area contributed by atoms with Crippen molar-refractivity contribution in [3.63, 3.8) is 0 Å². The maximum atomic E-state index is 13.4. The Labute approximate surface area is 211 Å². The molecule has 0 aliphatic rings. The van der Waals surface area contributed by atoms with Gasteiger partial charge in [-0.1, -0.05) is 41.0 Å². The van der Waals surface area contributed by atoms with Crippen LogP contribution in [-0.2, 0) is 11.3 Å². The zero-order chi connectivity index (χ0) is 24.5. The zero-order valence-electron chi connectivity index (χ0n) is 19.0. The van der Waals surface area contributed by atoms with Gasteiger partial charge in [-0.25, -0.2) is 19.7 Å². The molecule has 3 aromatic heterocycles. The fraction of sp³-hybridized carbons (Fsp3) is 0.261. The van der Waals surface area contributed by atoms with Gasteiger partial charge in [0, 0.05) is 40.1 Å². The number of nitrogens with zero attached hydrogens (tertiary/aromatic N) is 6. The van der Waals surface area contributed by atoms with Crippen LogP contribution in [0.15, 0.2) is 54.1 Å². The Kier molecular flexibility index (Phi) is 6.97. The summed E-state index contributed by atoms with van der Waals surface area (Å²) in [6.07, 6.45) is 6.37. The second-order valence-corrected chi connectivity index (χ2v) is 9.98. The molecule has 8 nitrogen and oxygen atoms in total. The predicted octanol–water partition coefficient (Wildman–Crippen LogP) is 6.16. The summed E-state index contributed by atoms with van der Waals surface area (Å²) in [5, 5.41) is 5.97. The summed E-state index contributed by atoms with van der Waals surface area (Å²) in [6, 6.07) is 8.65. The summed E-state index contributed by atoms with van der Waals surface area (Å²) in [7, 11) is 0. The monoisotopic (exact) mass is 516 g/mol. The summed E-state index contributed by atoms with van der Waals surface area (Å²) in [6.45, 7) is 5.56. The average molecular weight is 517 g/mol. The molecule has 0 bridgehead atoms. The fourth-order valence-corrected chi connectivity index (χ4v) is 3.95. The summed E-state index contributed by atoms with van der Waals surface area (Å²) in [5.41, 5.74) is 1.84. The van der Waals surface area contributed by atoms with Crippen LogP contribution >= 0.6 is 35.0 Å². The highest BCUT2D eigenvalue weighted by molar-refractivity contribution is 7.98. The predicted molar refractivity (Wildman–Crippen MR) is 135 cm³/mol. The van der Waals surface area contributed by atoms with Gasteiger partial charge in [0.15, 0.2) is 10.8 Å². The summed E-state index contributed by atoms with van der Waals surface area (Å²) in [5.74, 6) is 0.458. The molecule has 1 amide bonds. The Morgan fingerprint density at radius 1 is 1.15 bits per heavy atom. The first-order valence-corrected chi connectivity index (χ1v) is 12.3. The van der Waals surface area contributed by atoms with Gasteiger partial charge in [-0.15, -0.1) is 0 Å². The first-order chi connectivity index (χ1) is 16.1. The van der Waals surface area contributed by atoms with Crippen molar-refractivity contribution in [1.82, 2.24) is 24.6 Å². The van der Waals surface area contributed by atoms with Gasteiger partial charge in [0.25, 0.3) is 0 Å². The van der Waals surface area contributed by atoms with Gasteiger partial charge < -0.3 is 4.74 Å².